The predicted octanol–water partition coefficient (Wildman–Crippen LogP) is 3.59. The largest absolute Gasteiger partial charge is 0.478 e. The molecule has 0 unspecified atom stereocenters. The number of rotatable bonds is 3. The summed E-state index contributed by atoms with van der Waals surface area (Å²) in [6.45, 7) is 0. The van der Waals surface area contributed by atoms with Crippen LogP contribution in [0.25, 0.3) is 11.6 Å². The Kier molecular flexibility index (Phi) is 3.71. The summed E-state index contributed by atoms with van der Waals surface area (Å²) in [5, 5.41) is 9.16. The highest BCUT2D eigenvalue weighted by Gasteiger charge is 2.12. The van der Waals surface area contributed by atoms with E-state index in [2.05, 4.69) is 0 Å². The van der Waals surface area contributed by atoms with Crippen LogP contribution in [0.5, 0.6) is 0 Å². The van der Waals surface area contributed by atoms with Crippen molar-refractivity contribution < 1.29 is 18.7 Å². The molecule has 0 bridgehead atoms. The summed E-state index contributed by atoms with van der Waals surface area (Å²) in [6.07, 6.45) is 1.12. The van der Waals surface area contributed by atoms with E-state index >= 15 is 0 Å². The summed E-state index contributed by atoms with van der Waals surface area (Å²) in [5.74, 6) is -3.27. The maximum atomic E-state index is 13.5. The standard InChI is InChI=1S/C15H10F2O2/c16-13-8-4-7-11(14(13)17)9-12(15(18)19)10-5-2-1-3-6-10/h1-9H,(H,18,19). The number of hydrogen-bond donors (Lipinski definition) is 1. The zero-order chi connectivity index (χ0) is 13.8. The van der Waals surface area contributed by atoms with Crippen LogP contribution in [-0.4, -0.2) is 11.1 Å². The van der Waals surface area contributed by atoms with E-state index in [-0.39, 0.29) is 11.1 Å². The molecular weight excluding hydrogens is 250 g/mol. The third kappa shape index (κ3) is 2.85. The van der Waals surface area contributed by atoms with Crippen LogP contribution in [-0.2, 0) is 4.79 Å². The second-order valence-corrected chi connectivity index (χ2v) is 3.87. The van der Waals surface area contributed by atoms with Crippen molar-refractivity contribution in [2.24, 2.45) is 0 Å². The molecule has 0 aliphatic rings. The van der Waals surface area contributed by atoms with Gasteiger partial charge in [-0.25, -0.2) is 13.6 Å². The van der Waals surface area contributed by atoms with Crippen molar-refractivity contribution in [3.8, 4) is 0 Å². The first-order valence-corrected chi connectivity index (χ1v) is 5.54. The number of carboxylic acids is 1. The normalized spacial score (nSPS) is 11.4. The maximum absolute atomic E-state index is 13.5. The summed E-state index contributed by atoms with van der Waals surface area (Å²) >= 11 is 0. The van der Waals surface area contributed by atoms with Gasteiger partial charge < -0.3 is 5.11 Å². The first kappa shape index (κ1) is 13.0. The molecule has 2 aromatic rings. The van der Waals surface area contributed by atoms with E-state index in [1.54, 1.807) is 30.3 Å². The van der Waals surface area contributed by atoms with Gasteiger partial charge in [-0.3, -0.25) is 0 Å². The van der Waals surface area contributed by atoms with Crippen LogP contribution in [0.2, 0.25) is 0 Å². The molecule has 0 aromatic heterocycles. The van der Waals surface area contributed by atoms with Crippen LogP contribution >= 0.6 is 0 Å². The van der Waals surface area contributed by atoms with Gasteiger partial charge in [0.15, 0.2) is 11.6 Å². The van der Waals surface area contributed by atoms with Crippen molar-refractivity contribution in [3.05, 3.63) is 71.3 Å². The Bertz CT molecular complexity index is 634. The lowest BCUT2D eigenvalue weighted by molar-refractivity contribution is -0.130. The number of aliphatic carboxylic acids is 1. The minimum Gasteiger partial charge on any atom is -0.478 e. The van der Waals surface area contributed by atoms with Gasteiger partial charge in [0.2, 0.25) is 0 Å². The molecule has 0 saturated heterocycles. The maximum Gasteiger partial charge on any atom is 0.336 e. The van der Waals surface area contributed by atoms with Crippen LogP contribution in [0.15, 0.2) is 48.5 Å². The molecule has 96 valence electrons. The van der Waals surface area contributed by atoms with Gasteiger partial charge in [-0.1, -0.05) is 42.5 Å². The van der Waals surface area contributed by atoms with Gasteiger partial charge in [-0.15, -0.1) is 0 Å². The lowest BCUT2D eigenvalue weighted by Crippen LogP contribution is -2.00. The monoisotopic (exact) mass is 260 g/mol. The first-order chi connectivity index (χ1) is 9.09. The Morgan fingerprint density at radius 2 is 1.68 bits per heavy atom. The van der Waals surface area contributed by atoms with E-state index in [1.165, 1.54) is 12.1 Å². The molecule has 4 heteroatoms. The second kappa shape index (κ2) is 5.44. The molecule has 0 atom stereocenters. The fourth-order valence-corrected chi connectivity index (χ4v) is 1.67. The Labute approximate surface area is 108 Å². The van der Waals surface area contributed by atoms with Gasteiger partial charge >= 0.3 is 5.97 Å². The van der Waals surface area contributed by atoms with Crippen LogP contribution in [0.1, 0.15) is 11.1 Å². The number of carboxylic acid groups (broad SMARTS) is 1. The summed E-state index contributed by atoms with van der Waals surface area (Å²) in [7, 11) is 0. The van der Waals surface area contributed by atoms with Crippen molar-refractivity contribution in [3.63, 3.8) is 0 Å². The van der Waals surface area contributed by atoms with E-state index in [0.717, 1.165) is 12.1 Å². The molecule has 0 fully saturated rings. The summed E-state index contributed by atoms with van der Waals surface area (Å²) in [6, 6.07) is 11.9. The zero-order valence-electron chi connectivity index (χ0n) is 9.81. The Hall–Kier alpha value is -2.49. The Balaban J connectivity index is 2.54. The molecule has 0 heterocycles. The smallest absolute Gasteiger partial charge is 0.336 e. The second-order valence-electron chi connectivity index (χ2n) is 3.87. The molecule has 2 aromatic carbocycles. The Morgan fingerprint density at radius 3 is 2.32 bits per heavy atom. The van der Waals surface area contributed by atoms with Crippen LogP contribution < -0.4 is 0 Å². The highest BCUT2D eigenvalue weighted by Crippen LogP contribution is 2.21. The first-order valence-electron chi connectivity index (χ1n) is 5.54. The van der Waals surface area contributed by atoms with E-state index < -0.39 is 17.6 Å². The SMILES string of the molecule is O=C(O)C(=Cc1cccc(F)c1F)c1ccccc1. The number of carbonyl (C=O) groups is 1. The van der Waals surface area contributed by atoms with Crippen molar-refractivity contribution >= 4 is 17.6 Å². The molecule has 2 nitrogen and oxygen atoms in total. The summed E-state index contributed by atoms with van der Waals surface area (Å²) in [5.41, 5.74) is 0.241. The van der Waals surface area contributed by atoms with Crippen molar-refractivity contribution in [1.29, 1.82) is 0 Å². The molecule has 0 saturated carbocycles. The number of halogens is 2. The van der Waals surface area contributed by atoms with E-state index in [4.69, 9.17) is 5.11 Å². The third-order valence-corrected chi connectivity index (χ3v) is 2.60. The van der Waals surface area contributed by atoms with Crippen LogP contribution in [0.4, 0.5) is 8.78 Å². The van der Waals surface area contributed by atoms with E-state index in [1.807, 2.05) is 0 Å². The van der Waals surface area contributed by atoms with Crippen molar-refractivity contribution in [1.82, 2.24) is 0 Å². The van der Waals surface area contributed by atoms with E-state index in [0.29, 0.717) is 5.56 Å². The minimum absolute atomic E-state index is 0.0925. The molecule has 19 heavy (non-hydrogen) atoms. The molecule has 0 amide bonds. The fourth-order valence-electron chi connectivity index (χ4n) is 1.67. The highest BCUT2D eigenvalue weighted by atomic mass is 19.2. The van der Waals surface area contributed by atoms with Gasteiger partial charge in [-0.2, -0.15) is 0 Å². The number of benzene rings is 2. The average molecular weight is 260 g/mol. The van der Waals surface area contributed by atoms with Gasteiger partial charge in [0.1, 0.15) is 0 Å². The van der Waals surface area contributed by atoms with Crippen molar-refractivity contribution in [2.45, 2.75) is 0 Å². The molecule has 0 spiro atoms. The summed E-state index contributed by atoms with van der Waals surface area (Å²) in [4.78, 5) is 11.2. The lowest BCUT2D eigenvalue weighted by Gasteiger charge is -2.04. The molecule has 0 radical (unpaired) electrons. The van der Waals surface area contributed by atoms with Crippen LogP contribution in [0, 0.1) is 11.6 Å². The highest BCUT2D eigenvalue weighted by molar-refractivity contribution is 6.20. The Morgan fingerprint density at radius 1 is 1.00 bits per heavy atom. The van der Waals surface area contributed by atoms with Gasteiger partial charge in [0.05, 0.1) is 5.57 Å². The fraction of sp³-hybridized carbons (Fsp3) is 0. The van der Waals surface area contributed by atoms with Crippen LogP contribution in [0.3, 0.4) is 0 Å². The minimum atomic E-state index is -1.20. The third-order valence-electron chi connectivity index (χ3n) is 2.60. The predicted molar refractivity (Wildman–Crippen MR) is 68.3 cm³/mol. The lowest BCUT2D eigenvalue weighted by atomic mass is 10.0. The van der Waals surface area contributed by atoms with Gasteiger partial charge in [-0.05, 0) is 17.7 Å². The molecule has 0 aliphatic heterocycles. The molecular formula is C15H10F2O2. The van der Waals surface area contributed by atoms with Crippen molar-refractivity contribution in [2.75, 3.05) is 0 Å². The van der Waals surface area contributed by atoms with Gasteiger partial charge in [0, 0.05) is 5.56 Å². The molecule has 1 N–H and O–H groups in total. The molecule has 0 aliphatic carbocycles. The van der Waals surface area contributed by atoms with E-state index in [9.17, 15) is 13.6 Å². The average Bonchev–Trinajstić information content (AvgIpc) is 2.41. The number of hydrogen-bond acceptors (Lipinski definition) is 1. The quantitative estimate of drug-likeness (QED) is 0.676. The topological polar surface area (TPSA) is 37.3 Å². The summed E-state index contributed by atoms with van der Waals surface area (Å²) < 4.78 is 26.6. The van der Waals surface area contributed by atoms with Gasteiger partial charge in [0.25, 0.3) is 0 Å². The molecule has 2 rings (SSSR count). The zero-order valence-corrected chi connectivity index (χ0v) is 9.81.